The normalized spacial score (nSPS) is 19.5. The molecule has 2 unspecified atom stereocenters. The van der Waals surface area contributed by atoms with Gasteiger partial charge in [0.05, 0.1) is 0 Å². The van der Waals surface area contributed by atoms with Gasteiger partial charge < -0.3 is 15.5 Å². The van der Waals surface area contributed by atoms with Crippen LogP contribution in [-0.4, -0.2) is 28.2 Å². The lowest BCUT2D eigenvalue weighted by molar-refractivity contribution is -0.141. The third-order valence-corrected chi connectivity index (χ3v) is 5.29. The summed E-state index contributed by atoms with van der Waals surface area (Å²) in [6, 6.07) is 8.15. The van der Waals surface area contributed by atoms with Crippen LogP contribution in [0.4, 0.5) is 24.9 Å². The van der Waals surface area contributed by atoms with Crippen LogP contribution in [0.2, 0.25) is 5.02 Å². The van der Waals surface area contributed by atoms with Crippen LogP contribution in [0.25, 0.3) is 0 Å². The fraction of sp³-hybridized carbons (Fsp3) is 0.450. The smallest absolute Gasteiger partial charge is 0.358 e. The van der Waals surface area contributed by atoms with Gasteiger partial charge in [0.1, 0.15) is 5.82 Å². The standard InChI is InChI=1S/C20H23ClF3N5S/c1-12-7-13(2)11-29(10-12)17-8-16(20(22,23)24)26-18(27-17)28-19(30)25-9-14-3-5-15(21)6-4-14/h3-6,8,12-13H,7,9-11H2,1-2H3,(H2,25,26,27,28,30). The molecule has 10 heteroatoms. The summed E-state index contributed by atoms with van der Waals surface area (Å²) in [5.74, 6) is 0.811. The first-order chi connectivity index (χ1) is 14.1. The highest BCUT2D eigenvalue weighted by molar-refractivity contribution is 7.80. The van der Waals surface area contributed by atoms with Gasteiger partial charge in [0.25, 0.3) is 0 Å². The molecule has 30 heavy (non-hydrogen) atoms. The van der Waals surface area contributed by atoms with Crippen molar-refractivity contribution in [1.82, 2.24) is 15.3 Å². The van der Waals surface area contributed by atoms with E-state index in [9.17, 15) is 13.2 Å². The number of hydrogen-bond donors (Lipinski definition) is 2. The van der Waals surface area contributed by atoms with Crippen molar-refractivity contribution in [2.75, 3.05) is 23.3 Å². The molecule has 162 valence electrons. The minimum atomic E-state index is -4.58. The largest absolute Gasteiger partial charge is 0.433 e. The van der Waals surface area contributed by atoms with E-state index < -0.39 is 11.9 Å². The summed E-state index contributed by atoms with van der Waals surface area (Å²) in [7, 11) is 0. The van der Waals surface area contributed by atoms with Crippen LogP contribution in [0.5, 0.6) is 0 Å². The SMILES string of the molecule is CC1CC(C)CN(c2cc(C(F)(F)F)nc(NC(=S)NCc3ccc(Cl)cc3)n2)C1. The van der Waals surface area contributed by atoms with E-state index in [1.165, 1.54) is 0 Å². The number of rotatable bonds is 4. The average molecular weight is 458 g/mol. The van der Waals surface area contributed by atoms with Crippen LogP contribution in [0, 0.1) is 11.8 Å². The van der Waals surface area contributed by atoms with Crippen LogP contribution >= 0.6 is 23.8 Å². The van der Waals surface area contributed by atoms with Crippen LogP contribution in [-0.2, 0) is 12.7 Å². The first-order valence-corrected chi connectivity index (χ1v) is 10.4. The van der Waals surface area contributed by atoms with E-state index >= 15 is 0 Å². The third-order valence-electron chi connectivity index (χ3n) is 4.79. The molecule has 1 fully saturated rings. The summed E-state index contributed by atoms with van der Waals surface area (Å²) in [6.45, 7) is 5.86. The molecule has 5 nitrogen and oxygen atoms in total. The Morgan fingerprint density at radius 2 is 1.80 bits per heavy atom. The van der Waals surface area contributed by atoms with Crippen molar-refractivity contribution >= 4 is 40.7 Å². The molecule has 3 rings (SSSR count). The van der Waals surface area contributed by atoms with Gasteiger partial charge in [0, 0.05) is 30.7 Å². The minimum Gasteiger partial charge on any atom is -0.358 e. The predicted octanol–water partition coefficient (Wildman–Crippen LogP) is 5.12. The van der Waals surface area contributed by atoms with Gasteiger partial charge in [-0.25, -0.2) is 4.98 Å². The average Bonchev–Trinajstić information content (AvgIpc) is 2.66. The summed E-state index contributed by atoms with van der Waals surface area (Å²) in [5.41, 5.74) is -0.0770. The summed E-state index contributed by atoms with van der Waals surface area (Å²) >= 11 is 11.1. The van der Waals surface area contributed by atoms with Crippen molar-refractivity contribution in [2.45, 2.75) is 33.0 Å². The van der Waals surface area contributed by atoms with Gasteiger partial charge in [-0.15, -0.1) is 0 Å². The van der Waals surface area contributed by atoms with E-state index in [-0.39, 0.29) is 16.9 Å². The number of alkyl halides is 3. The molecule has 2 aromatic rings. The lowest BCUT2D eigenvalue weighted by atomic mass is 9.92. The van der Waals surface area contributed by atoms with Crippen molar-refractivity contribution in [3.8, 4) is 0 Å². The van der Waals surface area contributed by atoms with Gasteiger partial charge in [-0.1, -0.05) is 37.6 Å². The van der Waals surface area contributed by atoms with Gasteiger partial charge in [0.2, 0.25) is 5.95 Å². The number of nitrogens with one attached hydrogen (secondary N) is 2. The van der Waals surface area contributed by atoms with Crippen molar-refractivity contribution < 1.29 is 13.2 Å². The molecule has 2 N–H and O–H groups in total. The monoisotopic (exact) mass is 457 g/mol. The highest BCUT2D eigenvalue weighted by Gasteiger charge is 2.35. The summed E-state index contributed by atoms with van der Waals surface area (Å²) in [6.07, 6.45) is -3.54. The molecule has 0 spiro atoms. The molecule has 2 heterocycles. The molecule has 1 aromatic heterocycles. The van der Waals surface area contributed by atoms with Gasteiger partial charge in [-0.3, -0.25) is 0 Å². The van der Waals surface area contributed by atoms with Crippen LogP contribution in [0.3, 0.4) is 0 Å². The molecule has 0 saturated carbocycles. The number of hydrogen-bond acceptors (Lipinski definition) is 4. The van der Waals surface area contributed by atoms with E-state index in [0.717, 1.165) is 18.1 Å². The number of halogens is 4. The lowest BCUT2D eigenvalue weighted by Crippen LogP contribution is -2.39. The van der Waals surface area contributed by atoms with Crippen LogP contribution < -0.4 is 15.5 Å². The second kappa shape index (κ2) is 9.34. The Labute approximate surface area is 184 Å². The Kier molecular flexibility index (Phi) is 7.02. The quantitative estimate of drug-likeness (QED) is 0.622. The zero-order valence-electron chi connectivity index (χ0n) is 16.6. The molecule has 1 aliphatic heterocycles. The molecular formula is C20H23ClF3N5S. The van der Waals surface area contributed by atoms with E-state index in [2.05, 4.69) is 34.4 Å². The Bertz CT molecular complexity index is 881. The second-order valence-electron chi connectivity index (χ2n) is 7.72. The minimum absolute atomic E-state index is 0.135. The number of anilines is 2. The van der Waals surface area contributed by atoms with Gasteiger partial charge >= 0.3 is 6.18 Å². The zero-order valence-corrected chi connectivity index (χ0v) is 18.2. The van der Waals surface area contributed by atoms with Crippen LogP contribution in [0.15, 0.2) is 30.3 Å². The molecule has 0 amide bonds. The molecule has 1 saturated heterocycles. The molecule has 1 aliphatic rings. The van der Waals surface area contributed by atoms with E-state index in [1.807, 2.05) is 17.0 Å². The predicted molar refractivity (Wildman–Crippen MR) is 117 cm³/mol. The van der Waals surface area contributed by atoms with Gasteiger partial charge in [0.15, 0.2) is 10.8 Å². The number of piperidine rings is 1. The first-order valence-electron chi connectivity index (χ1n) is 9.60. The third kappa shape index (κ3) is 6.18. The molecule has 0 radical (unpaired) electrons. The fourth-order valence-electron chi connectivity index (χ4n) is 3.58. The lowest BCUT2D eigenvalue weighted by Gasteiger charge is -2.36. The number of benzene rings is 1. The zero-order chi connectivity index (χ0) is 21.9. The molecule has 2 atom stereocenters. The summed E-state index contributed by atoms with van der Waals surface area (Å²) in [4.78, 5) is 9.81. The van der Waals surface area contributed by atoms with Gasteiger partial charge in [-0.2, -0.15) is 18.2 Å². The second-order valence-corrected chi connectivity index (χ2v) is 8.56. The maximum atomic E-state index is 13.4. The Morgan fingerprint density at radius 3 is 2.40 bits per heavy atom. The van der Waals surface area contributed by atoms with E-state index in [1.54, 1.807) is 12.1 Å². The summed E-state index contributed by atoms with van der Waals surface area (Å²) in [5, 5.41) is 6.38. The Hall–Kier alpha value is -2.13. The van der Waals surface area contributed by atoms with Crippen LogP contribution in [0.1, 0.15) is 31.5 Å². The van der Waals surface area contributed by atoms with E-state index in [0.29, 0.717) is 36.5 Å². The highest BCUT2D eigenvalue weighted by Crippen LogP contribution is 2.32. The first kappa shape index (κ1) is 22.6. The van der Waals surface area contributed by atoms with Crippen molar-refractivity contribution in [1.29, 1.82) is 0 Å². The highest BCUT2D eigenvalue weighted by atomic mass is 35.5. The summed E-state index contributed by atoms with van der Waals surface area (Å²) < 4.78 is 40.2. The Morgan fingerprint density at radius 1 is 1.17 bits per heavy atom. The van der Waals surface area contributed by atoms with Crippen molar-refractivity contribution in [3.63, 3.8) is 0 Å². The molecular weight excluding hydrogens is 435 g/mol. The van der Waals surface area contributed by atoms with Gasteiger partial charge in [-0.05, 0) is 48.2 Å². The van der Waals surface area contributed by atoms with Crippen molar-refractivity contribution in [3.05, 3.63) is 46.6 Å². The molecule has 0 aliphatic carbocycles. The number of thiocarbonyl (C=S) groups is 1. The van der Waals surface area contributed by atoms with E-state index in [4.69, 9.17) is 23.8 Å². The fourth-order valence-corrected chi connectivity index (χ4v) is 3.87. The topological polar surface area (TPSA) is 53.1 Å². The maximum absolute atomic E-state index is 13.4. The number of nitrogens with zero attached hydrogens (tertiary/aromatic N) is 3. The number of aromatic nitrogens is 2. The maximum Gasteiger partial charge on any atom is 0.433 e. The Balaban J connectivity index is 1.75. The molecule has 0 bridgehead atoms. The molecule has 1 aromatic carbocycles. The van der Waals surface area contributed by atoms with Crippen molar-refractivity contribution in [2.24, 2.45) is 11.8 Å².